The van der Waals surface area contributed by atoms with Crippen LogP contribution in [0, 0.1) is 11.3 Å². The first kappa shape index (κ1) is 11.4. The Kier molecular flexibility index (Phi) is 3.13. The fourth-order valence-corrected chi connectivity index (χ4v) is 2.82. The lowest BCUT2D eigenvalue weighted by molar-refractivity contribution is -0.159. The molecule has 0 aliphatic heterocycles. The van der Waals surface area contributed by atoms with Gasteiger partial charge in [-0.25, -0.2) is 0 Å². The molecule has 0 aromatic carbocycles. The Balaban J connectivity index is 2.26. The Labute approximate surface area is 95.9 Å². The van der Waals surface area contributed by atoms with Gasteiger partial charge in [0.15, 0.2) is 5.78 Å². The Bertz CT molecular complexity index is 332. The number of ether oxygens (including phenoxy) is 1. The molecule has 0 N–H and O–H groups in total. The molecule has 16 heavy (non-hydrogen) atoms. The molecule has 88 valence electrons. The third-order valence-electron chi connectivity index (χ3n) is 3.75. The second kappa shape index (κ2) is 4.40. The summed E-state index contributed by atoms with van der Waals surface area (Å²) in [5.74, 6) is -0.131. The van der Waals surface area contributed by atoms with Crippen LogP contribution < -0.4 is 0 Å². The van der Waals surface area contributed by atoms with Crippen LogP contribution in [0.4, 0.5) is 0 Å². The lowest BCUT2D eigenvalue weighted by Gasteiger charge is -2.25. The highest BCUT2D eigenvalue weighted by Gasteiger charge is 2.53. The third-order valence-corrected chi connectivity index (χ3v) is 3.75. The van der Waals surface area contributed by atoms with Crippen molar-refractivity contribution in [1.82, 2.24) is 0 Å². The van der Waals surface area contributed by atoms with Crippen LogP contribution in [0.5, 0.6) is 0 Å². The summed E-state index contributed by atoms with van der Waals surface area (Å²) in [5, 5.41) is 0. The summed E-state index contributed by atoms with van der Waals surface area (Å²) in [4.78, 5) is 24.2. The minimum absolute atomic E-state index is 0.0426. The first-order valence-electron chi connectivity index (χ1n) is 6.07. The molecule has 1 saturated carbocycles. The second-order valence-electron chi connectivity index (χ2n) is 4.65. The number of allylic oxidation sites excluding steroid dienone is 2. The highest BCUT2D eigenvalue weighted by molar-refractivity contribution is 6.06. The molecule has 2 aliphatic rings. The van der Waals surface area contributed by atoms with E-state index < -0.39 is 5.41 Å². The van der Waals surface area contributed by atoms with Gasteiger partial charge in [0.2, 0.25) is 0 Å². The number of hydrogen-bond donors (Lipinski definition) is 0. The van der Waals surface area contributed by atoms with Gasteiger partial charge in [-0.3, -0.25) is 9.59 Å². The Hall–Kier alpha value is -1.12. The lowest BCUT2D eigenvalue weighted by atomic mass is 9.78. The normalized spacial score (nSPS) is 35.3. The molecular formula is C13H18O3. The maximum atomic E-state index is 12.3. The number of fused-ring (bicyclic) bond motifs is 2. The molecule has 1 fully saturated rings. The number of hydrogen-bond acceptors (Lipinski definition) is 3. The van der Waals surface area contributed by atoms with E-state index in [-0.39, 0.29) is 17.7 Å². The van der Waals surface area contributed by atoms with Crippen molar-refractivity contribution in [2.24, 2.45) is 11.3 Å². The highest BCUT2D eigenvalue weighted by Crippen LogP contribution is 2.45. The summed E-state index contributed by atoms with van der Waals surface area (Å²) in [6.45, 7) is 2.14. The average Bonchev–Trinajstić information content (AvgIpc) is 2.62. The van der Waals surface area contributed by atoms with Crippen LogP contribution in [0.3, 0.4) is 0 Å². The molecule has 0 radical (unpaired) electrons. The van der Waals surface area contributed by atoms with E-state index in [4.69, 9.17) is 4.74 Å². The van der Waals surface area contributed by atoms with Gasteiger partial charge in [0.05, 0.1) is 6.61 Å². The topological polar surface area (TPSA) is 43.4 Å². The van der Waals surface area contributed by atoms with Crippen LogP contribution >= 0.6 is 0 Å². The standard InChI is InChI=1S/C13H18O3/c1-2-16-12(15)13-8-5-3-4-6-10(7-9-13)11(13)14/h3-4,10H,2,5-9H2,1H3/b4-3-/t10-,13-/m0/s1. The molecule has 0 heterocycles. The molecule has 3 heteroatoms. The van der Waals surface area contributed by atoms with Gasteiger partial charge in [-0.1, -0.05) is 12.2 Å². The number of rotatable bonds is 2. The molecule has 0 aromatic heterocycles. The largest absolute Gasteiger partial charge is 0.465 e. The number of esters is 1. The molecule has 2 aliphatic carbocycles. The number of ketones is 1. The average molecular weight is 222 g/mol. The van der Waals surface area contributed by atoms with Crippen LogP contribution in [-0.4, -0.2) is 18.4 Å². The highest BCUT2D eigenvalue weighted by atomic mass is 16.5. The molecule has 0 amide bonds. The zero-order chi connectivity index (χ0) is 11.6. The Morgan fingerprint density at radius 2 is 2.31 bits per heavy atom. The van der Waals surface area contributed by atoms with Gasteiger partial charge >= 0.3 is 5.97 Å². The second-order valence-corrected chi connectivity index (χ2v) is 4.65. The predicted molar refractivity (Wildman–Crippen MR) is 59.8 cm³/mol. The summed E-state index contributed by atoms with van der Waals surface area (Å²) in [7, 11) is 0. The number of Topliss-reactive ketones (excluding diaryl/α,β-unsaturated/α-hetero) is 1. The molecule has 2 bridgehead atoms. The monoisotopic (exact) mass is 222 g/mol. The van der Waals surface area contributed by atoms with Crippen molar-refractivity contribution in [3.8, 4) is 0 Å². The summed E-state index contributed by atoms with van der Waals surface area (Å²) >= 11 is 0. The molecule has 0 saturated heterocycles. The first-order valence-corrected chi connectivity index (χ1v) is 6.07. The molecule has 0 unspecified atom stereocenters. The smallest absolute Gasteiger partial charge is 0.319 e. The van der Waals surface area contributed by atoms with E-state index in [2.05, 4.69) is 12.2 Å². The predicted octanol–water partition coefficient (Wildman–Crippen LogP) is 2.26. The maximum Gasteiger partial charge on any atom is 0.319 e. The van der Waals surface area contributed by atoms with Crippen molar-refractivity contribution in [3.63, 3.8) is 0 Å². The van der Waals surface area contributed by atoms with E-state index in [0.717, 1.165) is 19.3 Å². The van der Waals surface area contributed by atoms with Crippen molar-refractivity contribution in [1.29, 1.82) is 0 Å². The van der Waals surface area contributed by atoms with E-state index in [1.54, 1.807) is 6.92 Å². The van der Waals surface area contributed by atoms with E-state index >= 15 is 0 Å². The Morgan fingerprint density at radius 3 is 3.06 bits per heavy atom. The van der Waals surface area contributed by atoms with Gasteiger partial charge in [0.25, 0.3) is 0 Å². The van der Waals surface area contributed by atoms with Gasteiger partial charge < -0.3 is 4.74 Å². The molecule has 2 rings (SSSR count). The lowest BCUT2D eigenvalue weighted by Crippen LogP contribution is -2.39. The van der Waals surface area contributed by atoms with Gasteiger partial charge in [0.1, 0.15) is 5.41 Å². The van der Waals surface area contributed by atoms with Crippen molar-refractivity contribution in [3.05, 3.63) is 12.2 Å². The van der Waals surface area contributed by atoms with Gasteiger partial charge in [0, 0.05) is 5.92 Å². The molecule has 0 spiro atoms. The van der Waals surface area contributed by atoms with Crippen molar-refractivity contribution < 1.29 is 14.3 Å². The van der Waals surface area contributed by atoms with Crippen LogP contribution in [0.2, 0.25) is 0 Å². The Morgan fingerprint density at radius 1 is 1.50 bits per heavy atom. The summed E-state index contributed by atoms with van der Waals surface area (Å²) in [5.41, 5.74) is -0.814. The fraction of sp³-hybridized carbons (Fsp3) is 0.692. The van der Waals surface area contributed by atoms with E-state index in [1.165, 1.54) is 0 Å². The zero-order valence-electron chi connectivity index (χ0n) is 9.70. The first-order chi connectivity index (χ1) is 7.70. The van der Waals surface area contributed by atoms with Gasteiger partial charge in [-0.05, 0) is 39.0 Å². The van der Waals surface area contributed by atoms with Crippen LogP contribution in [0.15, 0.2) is 12.2 Å². The minimum atomic E-state index is -0.814. The quantitative estimate of drug-likeness (QED) is 0.409. The zero-order valence-corrected chi connectivity index (χ0v) is 9.70. The van der Waals surface area contributed by atoms with Crippen molar-refractivity contribution in [2.75, 3.05) is 6.61 Å². The van der Waals surface area contributed by atoms with E-state index in [0.29, 0.717) is 19.4 Å². The number of carbonyl (C=O) groups is 2. The molecule has 0 aromatic rings. The SMILES string of the molecule is CCOC(=O)[C@@]12CC/C=C\C[C@@H](CC1)C2=O. The molecular weight excluding hydrogens is 204 g/mol. The van der Waals surface area contributed by atoms with Crippen LogP contribution in [0.1, 0.15) is 39.0 Å². The fourth-order valence-electron chi connectivity index (χ4n) is 2.82. The maximum absolute atomic E-state index is 12.3. The van der Waals surface area contributed by atoms with E-state index in [1.807, 2.05) is 0 Å². The van der Waals surface area contributed by atoms with Crippen LogP contribution in [0.25, 0.3) is 0 Å². The van der Waals surface area contributed by atoms with Crippen molar-refractivity contribution in [2.45, 2.75) is 39.0 Å². The van der Waals surface area contributed by atoms with Gasteiger partial charge in [-0.15, -0.1) is 0 Å². The summed E-state index contributed by atoms with van der Waals surface area (Å²) in [6.07, 6.45) is 7.88. The molecule has 2 atom stereocenters. The van der Waals surface area contributed by atoms with Crippen LogP contribution in [-0.2, 0) is 14.3 Å². The third kappa shape index (κ3) is 1.68. The van der Waals surface area contributed by atoms with Crippen molar-refractivity contribution >= 4 is 11.8 Å². The summed E-state index contributed by atoms with van der Waals surface area (Å²) in [6, 6.07) is 0. The number of carbonyl (C=O) groups excluding carboxylic acids is 2. The minimum Gasteiger partial charge on any atom is -0.465 e. The molecule has 3 nitrogen and oxygen atoms in total. The van der Waals surface area contributed by atoms with E-state index in [9.17, 15) is 9.59 Å². The summed E-state index contributed by atoms with van der Waals surface area (Å²) < 4.78 is 5.09. The van der Waals surface area contributed by atoms with Gasteiger partial charge in [-0.2, -0.15) is 0 Å².